The molecule has 3 rings (SSSR count). The average molecular weight is 239 g/mol. The second kappa shape index (κ2) is 3.80. The zero-order valence-corrected chi connectivity index (χ0v) is 10.3. The van der Waals surface area contributed by atoms with Crippen molar-refractivity contribution in [3.8, 4) is 5.82 Å². The number of rotatable bonds is 1. The van der Waals surface area contributed by atoms with Crippen LogP contribution in [0.3, 0.4) is 0 Å². The Hall–Kier alpha value is -2.43. The molecule has 0 aliphatic heterocycles. The Labute approximate surface area is 104 Å². The number of nitrogens with zero attached hydrogens (tertiary/aromatic N) is 4. The van der Waals surface area contributed by atoms with Gasteiger partial charge in [0, 0.05) is 0 Å². The number of hydrogen-bond acceptors (Lipinski definition) is 4. The van der Waals surface area contributed by atoms with E-state index in [4.69, 9.17) is 5.73 Å². The smallest absolute Gasteiger partial charge is 0.165 e. The number of benzene rings is 1. The number of nitrogens with two attached hydrogens (primary N) is 1. The summed E-state index contributed by atoms with van der Waals surface area (Å²) in [5, 5.41) is 0. The summed E-state index contributed by atoms with van der Waals surface area (Å²) in [5.41, 5.74) is 10.8. The first-order valence-corrected chi connectivity index (χ1v) is 5.67. The van der Waals surface area contributed by atoms with E-state index in [2.05, 4.69) is 40.9 Å². The van der Waals surface area contributed by atoms with E-state index in [-0.39, 0.29) is 0 Å². The summed E-state index contributed by atoms with van der Waals surface area (Å²) in [6.45, 7) is 4.16. The molecule has 5 nitrogen and oxygen atoms in total. The lowest BCUT2D eigenvalue weighted by molar-refractivity contribution is 0.999. The summed E-state index contributed by atoms with van der Waals surface area (Å²) >= 11 is 0. The molecule has 1 aromatic carbocycles. The van der Waals surface area contributed by atoms with Crippen molar-refractivity contribution in [1.29, 1.82) is 0 Å². The molecular formula is C13H13N5. The first-order valence-electron chi connectivity index (χ1n) is 5.67. The second-order valence-corrected chi connectivity index (χ2v) is 4.34. The van der Waals surface area contributed by atoms with Gasteiger partial charge in [0.25, 0.3) is 0 Å². The number of aromatic nitrogens is 4. The molecule has 0 aliphatic carbocycles. The molecule has 2 aromatic heterocycles. The van der Waals surface area contributed by atoms with Crippen LogP contribution in [0.2, 0.25) is 0 Å². The monoisotopic (exact) mass is 239 g/mol. The van der Waals surface area contributed by atoms with Crippen LogP contribution in [-0.4, -0.2) is 19.5 Å². The zero-order chi connectivity index (χ0) is 12.7. The van der Waals surface area contributed by atoms with Crippen molar-refractivity contribution in [3.63, 3.8) is 0 Å². The Kier molecular flexibility index (Phi) is 2.26. The molecule has 5 heteroatoms. The second-order valence-electron chi connectivity index (χ2n) is 4.34. The third-order valence-corrected chi connectivity index (χ3v) is 3.11. The van der Waals surface area contributed by atoms with Gasteiger partial charge in [0.1, 0.15) is 12.7 Å². The fourth-order valence-corrected chi connectivity index (χ4v) is 1.97. The van der Waals surface area contributed by atoms with Crippen molar-refractivity contribution >= 4 is 16.7 Å². The Morgan fingerprint density at radius 3 is 2.67 bits per heavy atom. The van der Waals surface area contributed by atoms with Gasteiger partial charge in [-0.25, -0.2) is 15.0 Å². The predicted octanol–water partition coefficient (Wildman–Crippen LogP) is 2.01. The van der Waals surface area contributed by atoms with Gasteiger partial charge >= 0.3 is 0 Å². The average Bonchev–Trinajstić information content (AvgIpc) is 2.73. The summed E-state index contributed by atoms with van der Waals surface area (Å²) in [5.74, 6) is 0.663. The first-order chi connectivity index (χ1) is 8.66. The zero-order valence-electron chi connectivity index (χ0n) is 10.3. The molecule has 0 radical (unpaired) electrons. The van der Waals surface area contributed by atoms with Gasteiger partial charge in [-0.15, -0.1) is 0 Å². The third kappa shape index (κ3) is 1.52. The van der Waals surface area contributed by atoms with E-state index in [1.54, 1.807) is 12.5 Å². The van der Waals surface area contributed by atoms with Crippen molar-refractivity contribution in [2.24, 2.45) is 0 Å². The maximum Gasteiger partial charge on any atom is 0.165 e. The van der Waals surface area contributed by atoms with Crippen LogP contribution in [-0.2, 0) is 0 Å². The van der Waals surface area contributed by atoms with Crippen LogP contribution in [0.15, 0.2) is 31.0 Å². The third-order valence-electron chi connectivity index (χ3n) is 3.11. The molecule has 0 amide bonds. The van der Waals surface area contributed by atoms with Crippen LogP contribution >= 0.6 is 0 Å². The van der Waals surface area contributed by atoms with Crippen molar-refractivity contribution in [2.45, 2.75) is 13.8 Å². The Balaban J connectivity index is 2.31. The SMILES string of the molecule is Cc1cc2ncn(-c3ncncc3N)c2cc1C. The highest BCUT2D eigenvalue weighted by Gasteiger charge is 2.09. The number of nitrogen functional groups attached to an aromatic ring is 1. The lowest BCUT2D eigenvalue weighted by Crippen LogP contribution is -2.02. The van der Waals surface area contributed by atoms with Crippen molar-refractivity contribution in [3.05, 3.63) is 42.1 Å². The van der Waals surface area contributed by atoms with E-state index < -0.39 is 0 Å². The van der Waals surface area contributed by atoms with Crippen molar-refractivity contribution in [2.75, 3.05) is 5.73 Å². The number of imidazole rings is 1. The molecule has 2 N–H and O–H groups in total. The Bertz CT molecular complexity index is 729. The molecule has 0 aliphatic rings. The van der Waals surface area contributed by atoms with E-state index in [9.17, 15) is 0 Å². The van der Waals surface area contributed by atoms with Crippen molar-refractivity contribution in [1.82, 2.24) is 19.5 Å². The van der Waals surface area contributed by atoms with Crippen LogP contribution in [0.5, 0.6) is 0 Å². The minimum absolute atomic E-state index is 0.537. The summed E-state index contributed by atoms with van der Waals surface area (Å²) < 4.78 is 1.89. The highest BCUT2D eigenvalue weighted by Crippen LogP contribution is 2.22. The van der Waals surface area contributed by atoms with Gasteiger partial charge in [0.15, 0.2) is 5.82 Å². The molecule has 0 saturated carbocycles. The van der Waals surface area contributed by atoms with Gasteiger partial charge in [-0.2, -0.15) is 0 Å². The van der Waals surface area contributed by atoms with E-state index in [0.717, 1.165) is 11.0 Å². The largest absolute Gasteiger partial charge is 0.394 e. The lowest BCUT2D eigenvalue weighted by Gasteiger charge is -2.06. The molecule has 0 atom stereocenters. The minimum Gasteiger partial charge on any atom is -0.394 e. The van der Waals surface area contributed by atoms with Gasteiger partial charge in [-0.05, 0) is 37.1 Å². The molecule has 0 unspecified atom stereocenters. The number of hydrogen-bond donors (Lipinski definition) is 1. The van der Waals surface area contributed by atoms with E-state index in [1.807, 2.05) is 4.57 Å². The van der Waals surface area contributed by atoms with Gasteiger partial charge in [0.2, 0.25) is 0 Å². The molecule has 0 saturated heterocycles. The minimum atomic E-state index is 0.537. The first kappa shape index (κ1) is 10.7. The standard InChI is InChI=1S/C13H13N5/c1-8-3-11-12(4-9(8)2)18(7-17-11)13-10(14)5-15-6-16-13/h3-7H,14H2,1-2H3. The van der Waals surface area contributed by atoms with E-state index in [0.29, 0.717) is 11.5 Å². The highest BCUT2D eigenvalue weighted by molar-refractivity contribution is 5.80. The summed E-state index contributed by atoms with van der Waals surface area (Å²) in [6, 6.07) is 4.16. The van der Waals surface area contributed by atoms with E-state index >= 15 is 0 Å². The molecule has 0 fully saturated rings. The Morgan fingerprint density at radius 1 is 1.11 bits per heavy atom. The van der Waals surface area contributed by atoms with Crippen molar-refractivity contribution < 1.29 is 0 Å². The topological polar surface area (TPSA) is 69.6 Å². The fraction of sp³-hybridized carbons (Fsp3) is 0.154. The quantitative estimate of drug-likeness (QED) is 0.705. The van der Waals surface area contributed by atoms with Crippen LogP contribution < -0.4 is 5.73 Å². The maximum absolute atomic E-state index is 5.90. The number of aryl methyl sites for hydroxylation is 2. The van der Waals surface area contributed by atoms with Crippen LogP contribution in [0.25, 0.3) is 16.9 Å². The van der Waals surface area contributed by atoms with Gasteiger partial charge in [0.05, 0.1) is 22.9 Å². The molecule has 2 heterocycles. The summed E-state index contributed by atoms with van der Waals surface area (Å²) in [7, 11) is 0. The fourth-order valence-electron chi connectivity index (χ4n) is 1.97. The summed E-state index contributed by atoms with van der Waals surface area (Å²) in [6.07, 6.45) is 4.82. The van der Waals surface area contributed by atoms with E-state index in [1.165, 1.54) is 17.5 Å². The van der Waals surface area contributed by atoms with Gasteiger partial charge in [-0.1, -0.05) is 0 Å². The van der Waals surface area contributed by atoms with Gasteiger partial charge in [-0.3, -0.25) is 4.57 Å². The molecule has 3 aromatic rings. The number of anilines is 1. The highest BCUT2D eigenvalue weighted by atomic mass is 15.1. The van der Waals surface area contributed by atoms with Crippen LogP contribution in [0, 0.1) is 13.8 Å². The van der Waals surface area contributed by atoms with Crippen LogP contribution in [0.4, 0.5) is 5.69 Å². The molecule has 18 heavy (non-hydrogen) atoms. The maximum atomic E-state index is 5.90. The Morgan fingerprint density at radius 2 is 1.89 bits per heavy atom. The normalized spacial score (nSPS) is 11.0. The molecular weight excluding hydrogens is 226 g/mol. The molecule has 90 valence electrons. The van der Waals surface area contributed by atoms with Crippen LogP contribution in [0.1, 0.15) is 11.1 Å². The van der Waals surface area contributed by atoms with Gasteiger partial charge < -0.3 is 5.73 Å². The summed E-state index contributed by atoms with van der Waals surface area (Å²) in [4.78, 5) is 12.5. The lowest BCUT2D eigenvalue weighted by atomic mass is 10.1. The molecule has 0 bridgehead atoms. The number of fused-ring (bicyclic) bond motifs is 1. The molecule has 0 spiro atoms. The predicted molar refractivity (Wildman–Crippen MR) is 70.5 cm³/mol.